The molecule has 15 heavy (non-hydrogen) atoms. The van der Waals surface area contributed by atoms with Crippen LogP contribution in [0.15, 0.2) is 12.1 Å². The van der Waals surface area contributed by atoms with Gasteiger partial charge in [-0.2, -0.15) is 0 Å². The number of phenols is 1. The van der Waals surface area contributed by atoms with Crippen LogP contribution in [-0.2, 0) is 0 Å². The molecule has 1 aromatic rings. The summed E-state index contributed by atoms with van der Waals surface area (Å²) in [5.41, 5.74) is 2.75. The minimum absolute atomic E-state index is 0.270. The van der Waals surface area contributed by atoms with Crippen molar-refractivity contribution in [2.24, 2.45) is 0 Å². The molecule has 2 N–H and O–H groups in total. The van der Waals surface area contributed by atoms with Gasteiger partial charge < -0.3 is 10.2 Å². The quantitative estimate of drug-likeness (QED) is 0.797. The minimum atomic E-state index is -0.447. The number of aliphatic hydroxyl groups excluding tert-OH is 1. The maximum Gasteiger partial charge on any atom is 0.118 e. The maximum absolute atomic E-state index is 10.0. The third-order valence-electron chi connectivity index (χ3n) is 2.87. The number of hydrogen-bond donors (Lipinski definition) is 2. The first-order chi connectivity index (χ1) is 7.07. The fourth-order valence-electron chi connectivity index (χ4n) is 1.91. The normalized spacial score (nSPS) is 12.8. The van der Waals surface area contributed by atoms with E-state index in [4.69, 9.17) is 0 Å². The van der Waals surface area contributed by atoms with Crippen molar-refractivity contribution in [1.82, 2.24) is 0 Å². The third kappa shape index (κ3) is 2.72. The average molecular weight is 208 g/mol. The number of aliphatic hydroxyl groups is 1. The molecule has 0 saturated heterocycles. The third-order valence-corrected chi connectivity index (χ3v) is 2.87. The second-order valence-corrected chi connectivity index (χ2v) is 4.10. The Balaban J connectivity index is 2.96. The zero-order chi connectivity index (χ0) is 11.4. The lowest BCUT2D eigenvalue weighted by atomic mass is 9.94. The predicted octanol–water partition coefficient (Wildman–Crippen LogP) is 3.23. The van der Waals surface area contributed by atoms with Crippen LogP contribution in [0.3, 0.4) is 0 Å². The fraction of sp³-hybridized carbons (Fsp3) is 0.538. The predicted molar refractivity (Wildman–Crippen MR) is 62.1 cm³/mol. The highest BCUT2D eigenvalue weighted by atomic mass is 16.3. The highest BCUT2D eigenvalue weighted by molar-refractivity contribution is 5.44. The average Bonchev–Trinajstić information content (AvgIpc) is 2.21. The lowest BCUT2D eigenvalue weighted by molar-refractivity contribution is 0.162. The fourth-order valence-corrected chi connectivity index (χ4v) is 1.91. The minimum Gasteiger partial charge on any atom is -0.508 e. The van der Waals surface area contributed by atoms with E-state index in [-0.39, 0.29) is 5.75 Å². The molecule has 2 heteroatoms. The molecule has 0 spiro atoms. The molecule has 1 aromatic carbocycles. The molecular weight excluding hydrogens is 188 g/mol. The first-order valence-electron chi connectivity index (χ1n) is 5.55. The van der Waals surface area contributed by atoms with Crippen molar-refractivity contribution in [2.45, 2.75) is 46.1 Å². The van der Waals surface area contributed by atoms with E-state index >= 15 is 0 Å². The van der Waals surface area contributed by atoms with Crippen LogP contribution in [0.4, 0.5) is 0 Å². The van der Waals surface area contributed by atoms with Crippen LogP contribution in [0.25, 0.3) is 0 Å². The van der Waals surface area contributed by atoms with Gasteiger partial charge in [0.25, 0.3) is 0 Å². The van der Waals surface area contributed by atoms with Crippen LogP contribution in [0.2, 0.25) is 0 Å². The van der Waals surface area contributed by atoms with Crippen LogP contribution in [-0.4, -0.2) is 10.2 Å². The van der Waals surface area contributed by atoms with Crippen molar-refractivity contribution < 1.29 is 10.2 Å². The summed E-state index contributed by atoms with van der Waals surface area (Å²) in [4.78, 5) is 0. The Hall–Kier alpha value is -1.02. The Labute approximate surface area is 91.6 Å². The van der Waals surface area contributed by atoms with Gasteiger partial charge in [0.2, 0.25) is 0 Å². The van der Waals surface area contributed by atoms with Crippen molar-refractivity contribution in [3.63, 3.8) is 0 Å². The summed E-state index contributed by atoms with van der Waals surface area (Å²) < 4.78 is 0. The van der Waals surface area contributed by atoms with Crippen LogP contribution in [0.1, 0.15) is 49.0 Å². The number of rotatable bonds is 4. The van der Waals surface area contributed by atoms with Crippen molar-refractivity contribution in [1.29, 1.82) is 0 Å². The number of aromatic hydroxyl groups is 1. The number of benzene rings is 1. The van der Waals surface area contributed by atoms with Crippen molar-refractivity contribution in [3.05, 3.63) is 28.8 Å². The van der Waals surface area contributed by atoms with Gasteiger partial charge in [-0.1, -0.05) is 25.8 Å². The van der Waals surface area contributed by atoms with Crippen molar-refractivity contribution in [3.8, 4) is 5.75 Å². The Bertz CT molecular complexity index is 332. The van der Waals surface area contributed by atoms with Gasteiger partial charge in [-0.15, -0.1) is 0 Å². The van der Waals surface area contributed by atoms with Gasteiger partial charge >= 0.3 is 0 Å². The summed E-state index contributed by atoms with van der Waals surface area (Å²) in [6.45, 7) is 5.93. The number of hydrogen-bond acceptors (Lipinski definition) is 2. The number of unbranched alkanes of at least 4 members (excludes halogenated alkanes) is 1. The van der Waals surface area contributed by atoms with E-state index < -0.39 is 6.10 Å². The Morgan fingerprint density at radius 3 is 2.53 bits per heavy atom. The lowest BCUT2D eigenvalue weighted by Crippen LogP contribution is -2.03. The van der Waals surface area contributed by atoms with Gasteiger partial charge in [-0.25, -0.2) is 0 Å². The molecule has 0 heterocycles. The topological polar surface area (TPSA) is 40.5 Å². The van der Waals surface area contributed by atoms with E-state index in [2.05, 4.69) is 6.92 Å². The summed E-state index contributed by atoms with van der Waals surface area (Å²) in [7, 11) is 0. The van der Waals surface area contributed by atoms with Crippen molar-refractivity contribution >= 4 is 0 Å². The molecule has 0 amide bonds. The second kappa shape index (κ2) is 5.17. The molecule has 0 aliphatic heterocycles. The van der Waals surface area contributed by atoms with Crippen LogP contribution >= 0.6 is 0 Å². The molecule has 84 valence electrons. The summed E-state index contributed by atoms with van der Waals surface area (Å²) in [5.74, 6) is 0.270. The van der Waals surface area contributed by atoms with Gasteiger partial charge in [0, 0.05) is 0 Å². The Kier molecular flexibility index (Phi) is 4.15. The highest BCUT2D eigenvalue weighted by Crippen LogP contribution is 2.30. The van der Waals surface area contributed by atoms with Crippen LogP contribution in [0.5, 0.6) is 5.75 Å². The first-order valence-corrected chi connectivity index (χ1v) is 5.55. The van der Waals surface area contributed by atoms with E-state index in [1.807, 2.05) is 19.9 Å². The van der Waals surface area contributed by atoms with Gasteiger partial charge in [0.15, 0.2) is 0 Å². The summed E-state index contributed by atoms with van der Waals surface area (Å²) >= 11 is 0. The largest absolute Gasteiger partial charge is 0.508 e. The van der Waals surface area contributed by atoms with E-state index in [1.54, 1.807) is 6.07 Å². The highest BCUT2D eigenvalue weighted by Gasteiger charge is 2.14. The van der Waals surface area contributed by atoms with Gasteiger partial charge in [0.1, 0.15) is 5.75 Å². The lowest BCUT2D eigenvalue weighted by Gasteiger charge is -2.17. The molecular formula is C13H20O2. The smallest absolute Gasteiger partial charge is 0.118 e. The maximum atomic E-state index is 10.0. The molecule has 0 radical (unpaired) electrons. The zero-order valence-electron chi connectivity index (χ0n) is 9.75. The van der Waals surface area contributed by atoms with Crippen LogP contribution in [0, 0.1) is 13.8 Å². The molecule has 0 saturated carbocycles. The second-order valence-electron chi connectivity index (χ2n) is 4.10. The molecule has 0 aliphatic rings. The van der Waals surface area contributed by atoms with E-state index in [1.165, 1.54) is 0 Å². The van der Waals surface area contributed by atoms with Gasteiger partial charge in [0.05, 0.1) is 6.10 Å². The molecule has 2 nitrogen and oxygen atoms in total. The summed E-state index contributed by atoms with van der Waals surface area (Å²) in [6.07, 6.45) is 2.41. The van der Waals surface area contributed by atoms with Crippen molar-refractivity contribution in [2.75, 3.05) is 0 Å². The number of aryl methyl sites for hydroxylation is 1. The zero-order valence-corrected chi connectivity index (χ0v) is 9.75. The monoisotopic (exact) mass is 208 g/mol. The standard InChI is InChI=1S/C13H20O2/c1-4-5-6-12(15)13-9(2)7-8-11(14)10(13)3/h7-8,12,14-15H,4-6H2,1-3H3. The van der Waals surface area contributed by atoms with E-state index in [0.29, 0.717) is 0 Å². The Morgan fingerprint density at radius 2 is 1.93 bits per heavy atom. The van der Waals surface area contributed by atoms with E-state index in [0.717, 1.165) is 36.0 Å². The molecule has 0 fully saturated rings. The molecule has 1 rings (SSSR count). The van der Waals surface area contributed by atoms with E-state index in [9.17, 15) is 10.2 Å². The van der Waals surface area contributed by atoms with Crippen LogP contribution < -0.4 is 0 Å². The Morgan fingerprint density at radius 1 is 1.27 bits per heavy atom. The molecule has 1 unspecified atom stereocenters. The molecule has 0 aliphatic carbocycles. The number of phenolic OH excluding ortho intramolecular Hbond substituents is 1. The summed E-state index contributed by atoms with van der Waals surface area (Å²) in [6, 6.07) is 3.54. The SMILES string of the molecule is CCCCC(O)c1c(C)ccc(O)c1C. The van der Waals surface area contributed by atoms with Gasteiger partial charge in [-0.3, -0.25) is 0 Å². The molecule has 0 bridgehead atoms. The summed E-state index contributed by atoms with van der Waals surface area (Å²) in [5, 5.41) is 19.6. The molecule has 1 atom stereocenters. The first kappa shape index (κ1) is 12.1. The van der Waals surface area contributed by atoms with Gasteiger partial charge in [-0.05, 0) is 43.0 Å². The molecule has 0 aromatic heterocycles.